The Bertz CT molecular complexity index is 446. The van der Waals surface area contributed by atoms with Crippen molar-refractivity contribution in [1.82, 2.24) is 4.90 Å². The molecule has 79 valence electrons. The molecule has 0 fully saturated rings. The Morgan fingerprint density at radius 2 is 1.88 bits per heavy atom. The van der Waals surface area contributed by atoms with Crippen LogP contribution in [0.4, 0.5) is 0 Å². The van der Waals surface area contributed by atoms with E-state index in [2.05, 4.69) is 12.7 Å². The molecule has 0 aliphatic carbocycles. The van der Waals surface area contributed by atoms with Crippen LogP contribution in [-0.4, -0.2) is 17.1 Å². The molecule has 1 aliphatic rings. The second-order valence-electron chi connectivity index (χ2n) is 3.42. The summed E-state index contributed by atoms with van der Waals surface area (Å²) in [5.41, 5.74) is 2.90. The summed E-state index contributed by atoms with van der Waals surface area (Å²) < 4.78 is 0. The molecule has 0 aromatic heterocycles. The minimum absolute atomic E-state index is 0. The summed E-state index contributed by atoms with van der Waals surface area (Å²) in [7, 11) is 1.95. The molecule has 0 saturated heterocycles. The predicted octanol–water partition coefficient (Wildman–Crippen LogP) is 2.55. The van der Waals surface area contributed by atoms with Crippen molar-refractivity contribution < 1.29 is 37.8 Å². The van der Waals surface area contributed by atoms with Gasteiger partial charge in [0, 0.05) is 39.8 Å². The zero-order valence-corrected chi connectivity index (χ0v) is 12.0. The molecular weight excluding hydrogens is 275 g/mol. The van der Waals surface area contributed by atoms with Crippen molar-refractivity contribution in [3.05, 3.63) is 60.3 Å². The van der Waals surface area contributed by atoms with E-state index in [9.17, 15) is 5.11 Å². The van der Waals surface area contributed by atoms with Gasteiger partial charge in [-0.05, 0) is 17.8 Å². The molecule has 0 spiro atoms. The fourth-order valence-electron chi connectivity index (χ4n) is 1.47. The first kappa shape index (κ1) is 13.2. The maximum atomic E-state index is 9.20. The van der Waals surface area contributed by atoms with Crippen LogP contribution < -0.4 is 0 Å². The van der Waals surface area contributed by atoms with Crippen LogP contribution in [0.1, 0.15) is 5.56 Å². The van der Waals surface area contributed by atoms with Crippen LogP contribution in [0.25, 0.3) is 5.70 Å². The van der Waals surface area contributed by atoms with Gasteiger partial charge >= 0.3 is 0 Å². The summed E-state index contributed by atoms with van der Waals surface area (Å²) in [4.78, 5) is 1.96. The van der Waals surface area contributed by atoms with Gasteiger partial charge in [-0.15, -0.1) is 18.2 Å². The monoisotopic (exact) mass is 287 g/mol. The SMILES string of the molecule is C=C1C=C[C-]=C(c2ccc(O)cc2)N1C.[Y]. The number of likely N-dealkylation sites (N-methyl/N-ethyl adjacent to an activating group) is 1. The van der Waals surface area contributed by atoms with Crippen LogP contribution in [0.5, 0.6) is 5.75 Å². The van der Waals surface area contributed by atoms with Gasteiger partial charge in [-0.2, -0.15) is 12.2 Å². The molecule has 1 heterocycles. The molecular formula is C13H12NOY-. The molecule has 0 atom stereocenters. The molecule has 0 saturated carbocycles. The van der Waals surface area contributed by atoms with Crippen molar-refractivity contribution in [2.75, 3.05) is 7.05 Å². The van der Waals surface area contributed by atoms with E-state index in [1.807, 2.05) is 36.2 Å². The predicted molar refractivity (Wildman–Crippen MR) is 60.8 cm³/mol. The first-order valence-corrected chi connectivity index (χ1v) is 4.70. The van der Waals surface area contributed by atoms with E-state index in [0.717, 1.165) is 17.0 Å². The number of phenols is 1. The van der Waals surface area contributed by atoms with Crippen molar-refractivity contribution in [1.29, 1.82) is 0 Å². The Balaban J connectivity index is 0.00000128. The van der Waals surface area contributed by atoms with Crippen molar-refractivity contribution in [3.63, 3.8) is 0 Å². The number of hydrogen-bond acceptors (Lipinski definition) is 2. The number of aromatic hydroxyl groups is 1. The van der Waals surface area contributed by atoms with E-state index in [1.165, 1.54) is 0 Å². The molecule has 0 unspecified atom stereocenters. The normalized spacial score (nSPS) is 14.4. The molecule has 2 rings (SSSR count). The molecule has 1 aromatic carbocycles. The summed E-state index contributed by atoms with van der Waals surface area (Å²) in [5.74, 6) is 0.271. The van der Waals surface area contributed by atoms with Gasteiger partial charge in [0.1, 0.15) is 5.75 Å². The van der Waals surface area contributed by atoms with E-state index in [1.54, 1.807) is 12.1 Å². The Morgan fingerprint density at radius 3 is 2.50 bits per heavy atom. The van der Waals surface area contributed by atoms with Crippen LogP contribution >= 0.6 is 0 Å². The molecule has 1 N–H and O–H groups in total. The molecule has 1 aliphatic heterocycles. The van der Waals surface area contributed by atoms with Gasteiger partial charge in [-0.1, -0.05) is 17.8 Å². The Morgan fingerprint density at radius 1 is 1.25 bits per heavy atom. The molecule has 16 heavy (non-hydrogen) atoms. The van der Waals surface area contributed by atoms with Gasteiger partial charge in [-0.25, -0.2) is 0 Å². The average molecular weight is 287 g/mol. The number of rotatable bonds is 1. The molecule has 3 heteroatoms. The third kappa shape index (κ3) is 2.63. The number of phenolic OH excluding ortho intramolecular Hbond substituents is 1. The third-order valence-corrected chi connectivity index (χ3v) is 2.40. The van der Waals surface area contributed by atoms with Crippen molar-refractivity contribution in [2.24, 2.45) is 0 Å². The van der Waals surface area contributed by atoms with Crippen molar-refractivity contribution >= 4 is 5.70 Å². The molecule has 1 radical (unpaired) electrons. The fraction of sp³-hybridized carbons (Fsp3) is 0.0769. The number of allylic oxidation sites excluding steroid dienone is 3. The fourth-order valence-corrected chi connectivity index (χ4v) is 1.47. The zero-order valence-electron chi connectivity index (χ0n) is 9.14. The van der Waals surface area contributed by atoms with Crippen LogP contribution in [0.15, 0.2) is 48.7 Å². The summed E-state index contributed by atoms with van der Waals surface area (Å²) in [6.45, 7) is 3.92. The molecule has 0 amide bonds. The maximum absolute atomic E-state index is 9.20. The van der Waals surface area contributed by atoms with Gasteiger partial charge in [0.15, 0.2) is 0 Å². The Labute approximate surface area is 121 Å². The standard InChI is InChI=1S/C13H12NO.Y/c1-10-4-3-5-13(14(10)2)11-6-8-12(15)9-7-11;/h3-4,6-9,15H,1H2,2H3;/q-1;. The average Bonchev–Trinajstić information content (AvgIpc) is 2.24. The smallest absolute Gasteiger partial charge is 0.113 e. The van der Waals surface area contributed by atoms with Gasteiger partial charge in [0.2, 0.25) is 0 Å². The van der Waals surface area contributed by atoms with E-state index < -0.39 is 0 Å². The zero-order chi connectivity index (χ0) is 10.8. The van der Waals surface area contributed by atoms with E-state index in [0.29, 0.717) is 0 Å². The van der Waals surface area contributed by atoms with Crippen LogP contribution in [0.3, 0.4) is 0 Å². The Hall–Kier alpha value is -0.856. The largest absolute Gasteiger partial charge is 0.508 e. The minimum atomic E-state index is 0. The summed E-state index contributed by atoms with van der Waals surface area (Å²) in [6, 6.07) is 7.05. The van der Waals surface area contributed by atoms with Gasteiger partial charge in [0.05, 0.1) is 0 Å². The second-order valence-corrected chi connectivity index (χ2v) is 3.42. The van der Waals surface area contributed by atoms with Crippen LogP contribution in [-0.2, 0) is 32.7 Å². The number of hydrogen-bond donors (Lipinski definition) is 1. The van der Waals surface area contributed by atoms with Crippen LogP contribution in [0.2, 0.25) is 0 Å². The second kappa shape index (κ2) is 5.47. The van der Waals surface area contributed by atoms with E-state index in [4.69, 9.17) is 0 Å². The van der Waals surface area contributed by atoms with E-state index >= 15 is 0 Å². The summed E-state index contributed by atoms with van der Waals surface area (Å²) >= 11 is 0. The number of benzene rings is 1. The quantitative estimate of drug-likeness (QED) is 0.802. The molecule has 1 aromatic rings. The first-order valence-electron chi connectivity index (χ1n) is 4.70. The third-order valence-electron chi connectivity index (χ3n) is 2.40. The molecule has 2 nitrogen and oxygen atoms in total. The molecule has 0 bridgehead atoms. The first-order chi connectivity index (χ1) is 7.18. The van der Waals surface area contributed by atoms with Gasteiger partial charge in [0.25, 0.3) is 0 Å². The summed E-state index contributed by atoms with van der Waals surface area (Å²) in [5, 5.41) is 9.20. The minimum Gasteiger partial charge on any atom is -0.508 e. The topological polar surface area (TPSA) is 23.5 Å². The van der Waals surface area contributed by atoms with Crippen molar-refractivity contribution in [3.8, 4) is 5.75 Å². The van der Waals surface area contributed by atoms with Gasteiger partial charge < -0.3 is 10.0 Å². The number of nitrogens with zero attached hydrogens (tertiary/aromatic N) is 1. The van der Waals surface area contributed by atoms with Crippen LogP contribution in [0, 0.1) is 6.08 Å². The Kier molecular flexibility index (Phi) is 4.51. The maximum Gasteiger partial charge on any atom is 0.113 e. The van der Waals surface area contributed by atoms with E-state index in [-0.39, 0.29) is 38.5 Å². The summed E-state index contributed by atoms with van der Waals surface area (Å²) in [6.07, 6.45) is 6.91. The van der Waals surface area contributed by atoms with Crippen molar-refractivity contribution in [2.45, 2.75) is 0 Å². The van der Waals surface area contributed by atoms with Gasteiger partial charge in [-0.3, -0.25) is 0 Å².